The average molecular weight is 242 g/mol. The fourth-order valence-electron chi connectivity index (χ4n) is 1.32. The Morgan fingerprint density at radius 3 is 2.75 bits per heavy atom. The third-order valence-corrected chi connectivity index (χ3v) is 3.19. The first kappa shape index (κ1) is 12.5. The topological polar surface area (TPSA) is 69.6 Å². The average Bonchev–Trinajstić information content (AvgIpc) is 2.76. The summed E-state index contributed by atoms with van der Waals surface area (Å²) < 4.78 is 0. The Morgan fingerprint density at radius 1 is 1.62 bits per heavy atom. The molecular weight excluding hydrogens is 228 g/mol. The fourth-order valence-corrected chi connectivity index (χ4v) is 2.07. The van der Waals surface area contributed by atoms with Crippen molar-refractivity contribution < 1.29 is 14.7 Å². The maximum atomic E-state index is 11.6. The van der Waals surface area contributed by atoms with Gasteiger partial charge in [-0.3, -0.25) is 9.69 Å². The van der Waals surface area contributed by atoms with Crippen molar-refractivity contribution >= 4 is 23.3 Å². The number of hydrogen-bond donors (Lipinski definition) is 2. The van der Waals surface area contributed by atoms with Crippen LogP contribution in [-0.2, 0) is 11.2 Å². The van der Waals surface area contributed by atoms with E-state index < -0.39 is 12.1 Å². The zero-order valence-electron chi connectivity index (χ0n) is 9.14. The number of thiophene rings is 1. The maximum Gasteiger partial charge on any atom is 0.407 e. The maximum absolute atomic E-state index is 11.6. The van der Waals surface area contributed by atoms with Crippen LogP contribution in [0.5, 0.6) is 0 Å². The van der Waals surface area contributed by atoms with E-state index in [2.05, 4.69) is 5.32 Å². The summed E-state index contributed by atoms with van der Waals surface area (Å²) in [4.78, 5) is 24.4. The highest BCUT2D eigenvalue weighted by molar-refractivity contribution is 7.09. The lowest BCUT2D eigenvalue weighted by molar-refractivity contribution is -0.124. The lowest BCUT2D eigenvalue weighted by Gasteiger charge is -2.23. The number of likely N-dealkylation sites (N-methyl/N-ethyl adjacent to an activating group) is 2. The van der Waals surface area contributed by atoms with Crippen LogP contribution >= 0.6 is 11.3 Å². The largest absolute Gasteiger partial charge is 0.465 e. The number of rotatable bonds is 4. The summed E-state index contributed by atoms with van der Waals surface area (Å²) in [6, 6.07) is 3.08. The highest BCUT2D eigenvalue weighted by Gasteiger charge is 2.26. The molecule has 1 aromatic heterocycles. The van der Waals surface area contributed by atoms with Crippen LogP contribution in [0.3, 0.4) is 0 Å². The number of nitrogens with zero attached hydrogens (tertiary/aromatic N) is 1. The molecule has 0 bridgehead atoms. The van der Waals surface area contributed by atoms with Crippen molar-refractivity contribution in [3.05, 3.63) is 22.4 Å². The van der Waals surface area contributed by atoms with Crippen molar-refractivity contribution in [2.45, 2.75) is 12.5 Å². The predicted molar refractivity (Wildman–Crippen MR) is 61.7 cm³/mol. The van der Waals surface area contributed by atoms with E-state index in [9.17, 15) is 9.59 Å². The van der Waals surface area contributed by atoms with E-state index in [1.54, 1.807) is 0 Å². The first-order valence-corrected chi connectivity index (χ1v) is 5.64. The Morgan fingerprint density at radius 2 is 2.31 bits per heavy atom. The molecule has 0 unspecified atom stereocenters. The zero-order chi connectivity index (χ0) is 12.1. The molecule has 2 amide bonds. The Kier molecular flexibility index (Phi) is 4.30. The van der Waals surface area contributed by atoms with E-state index >= 15 is 0 Å². The Labute approximate surface area is 97.7 Å². The lowest BCUT2D eigenvalue weighted by Crippen LogP contribution is -2.47. The number of carbonyl (C=O) groups is 2. The quantitative estimate of drug-likeness (QED) is 0.828. The summed E-state index contributed by atoms with van der Waals surface area (Å²) in [6.45, 7) is 0. The minimum absolute atomic E-state index is 0.293. The van der Waals surface area contributed by atoms with Gasteiger partial charge in [-0.05, 0) is 11.4 Å². The van der Waals surface area contributed by atoms with E-state index in [1.807, 2.05) is 17.5 Å². The van der Waals surface area contributed by atoms with Crippen molar-refractivity contribution in [1.29, 1.82) is 0 Å². The molecule has 1 rings (SSSR count). The summed E-state index contributed by atoms with van der Waals surface area (Å²) in [6.07, 6.45) is -0.703. The molecule has 88 valence electrons. The van der Waals surface area contributed by atoms with Crippen molar-refractivity contribution in [3.8, 4) is 0 Å². The summed E-state index contributed by atoms with van der Waals surface area (Å²) in [7, 11) is 2.90. The van der Waals surface area contributed by atoms with Gasteiger partial charge in [-0.25, -0.2) is 4.79 Å². The van der Waals surface area contributed by atoms with Gasteiger partial charge in [-0.15, -0.1) is 11.3 Å². The van der Waals surface area contributed by atoms with E-state index in [4.69, 9.17) is 5.11 Å². The Balaban J connectivity index is 2.79. The van der Waals surface area contributed by atoms with Gasteiger partial charge in [-0.2, -0.15) is 0 Å². The number of hydrogen-bond acceptors (Lipinski definition) is 3. The molecule has 0 aliphatic heterocycles. The molecule has 0 fully saturated rings. The number of carboxylic acid groups (broad SMARTS) is 1. The second-order valence-corrected chi connectivity index (χ2v) is 4.34. The second kappa shape index (κ2) is 5.50. The summed E-state index contributed by atoms with van der Waals surface area (Å²) in [5.74, 6) is -0.293. The molecule has 1 heterocycles. The third-order valence-electron chi connectivity index (χ3n) is 2.29. The molecule has 5 nitrogen and oxygen atoms in total. The monoisotopic (exact) mass is 242 g/mol. The van der Waals surface area contributed by atoms with Gasteiger partial charge in [0, 0.05) is 25.4 Å². The normalized spacial score (nSPS) is 11.9. The van der Waals surface area contributed by atoms with Crippen LogP contribution in [0.1, 0.15) is 4.88 Å². The number of carbonyl (C=O) groups excluding carboxylic acids is 1. The van der Waals surface area contributed by atoms with Crippen molar-refractivity contribution in [1.82, 2.24) is 10.2 Å². The lowest BCUT2D eigenvalue weighted by atomic mass is 10.1. The van der Waals surface area contributed by atoms with Crippen molar-refractivity contribution in [3.63, 3.8) is 0 Å². The highest BCUT2D eigenvalue weighted by Crippen LogP contribution is 2.14. The van der Waals surface area contributed by atoms with Gasteiger partial charge in [0.05, 0.1) is 0 Å². The highest BCUT2D eigenvalue weighted by atomic mass is 32.1. The zero-order valence-corrected chi connectivity index (χ0v) is 9.95. The molecule has 0 aliphatic carbocycles. The van der Waals surface area contributed by atoms with E-state index in [0.29, 0.717) is 6.42 Å². The van der Waals surface area contributed by atoms with E-state index in [0.717, 1.165) is 9.78 Å². The van der Waals surface area contributed by atoms with Crippen LogP contribution in [0.25, 0.3) is 0 Å². The SMILES string of the molecule is CNC(=O)[C@@H](Cc1cccs1)N(C)C(=O)O. The predicted octanol–water partition coefficient (Wildman–Crippen LogP) is 1.01. The van der Waals surface area contributed by atoms with Gasteiger partial charge >= 0.3 is 6.09 Å². The molecule has 0 saturated carbocycles. The first-order chi connectivity index (χ1) is 7.56. The molecule has 1 aromatic rings. The molecule has 0 radical (unpaired) electrons. The van der Waals surface area contributed by atoms with Crippen LogP contribution in [0.2, 0.25) is 0 Å². The number of nitrogens with one attached hydrogen (secondary N) is 1. The van der Waals surface area contributed by atoms with E-state index in [-0.39, 0.29) is 5.91 Å². The smallest absolute Gasteiger partial charge is 0.407 e. The Bertz CT molecular complexity index is 364. The second-order valence-electron chi connectivity index (χ2n) is 3.31. The third kappa shape index (κ3) is 2.96. The molecule has 1 atom stereocenters. The van der Waals surface area contributed by atoms with Gasteiger partial charge in [0.25, 0.3) is 0 Å². The summed E-state index contributed by atoms with van der Waals surface area (Å²) in [5.41, 5.74) is 0. The molecule has 6 heteroatoms. The minimum atomic E-state index is -1.11. The van der Waals surface area contributed by atoms with Gasteiger partial charge < -0.3 is 10.4 Å². The summed E-state index contributed by atoms with van der Waals surface area (Å²) >= 11 is 1.51. The van der Waals surface area contributed by atoms with E-state index in [1.165, 1.54) is 25.4 Å². The van der Waals surface area contributed by atoms with Crippen LogP contribution in [0.4, 0.5) is 4.79 Å². The molecule has 0 aromatic carbocycles. The van der Waals surface area contributed by atoms with Crippen LogP contribution < -0.4 is 5.32 Å². The number of amides is 2. The molecule has 16 heavy (non-hydrogen) atoms. The van der Waals surface area contributed by atoms with Gasteiger partial charge in [-0.1, -0.05) is 6.07 Å². The Hall–Kier alpha value is -1.56. The van der Waals surface area contributed by atoms with Gasteiger partial charge in [0.15, 0.2) is 0 Å². The fraction of sp³-hybridized carbons (Fsp3) is 0.400. The molecular formula is C10H14N2O3S. The first-order valence-electron chi connectivity index (χ1n) is 4.76. The van der Waals surface area contributed by atoms with Crippen LogP contribution in [0.15, 0.2) is 17.5 Å². The molecule has 0 spiro atoms. The standard InChI is InChI=1S/C10H14N2O3S/c1-11-9(13)8(12(2)10(14)15)6-7-4-3-5-16-7/h3-5,8H,6H2,1-2H3,(H,11,13)(H,14,15)/t8-/m1/s1. The van der Waals surface area contributed by atoms with Crippen molar-refractivity contribution in [2.24, 2.45) is 0 Å². The molecule has 0 saturated heterocycles. The van der Waals surface area contributed by atoms with Crippen LogP contribution in [0, 0.1) is 0 Å². The minimum Gasteiger partial charge on any atom is -0.465 e. The van der Waals surface area contributed by atoms with Crippen LogP contribution in [-0.4, -0.2) is 42.1 Å². The molecule has 0 aliphatic rings. The summed E-state index contributed by atoms with van der Waals surface area (Å²) in [5, 5.41) is 13.2. The molecule has 2 N–H and O–H groups in total. The van der Waals surface area contributed by atoms with Gasteiger partial charge in [0.2, 0.25) is 5.91 Å². The van der Waals surface area contributed by atoms with Gasteiger partial charge in [0.1, 0.15) is 6.04 Å². The van der Waals surface area contributed by atoms with Crippen molar-refractivity contribution in [2.75, 3.05) is 14.1 Å².